The van der Waals surface area contributed by atoms with Crippen molar-refractivity contribution in [3.63, 3.8) is 0 Å². The number of aryl methyl sites for hydroxylation is 1. The molecule has 0 aromatic carbocycles. The fourth-order valence-electron chi connectivity index (χ4n) is 2.79. The largest absolute Gasteiger partial charge is 0.313 e. The molecule has 5 heteroatoms. The normalized spacial score (nSPS) is 27.3. The van der Waals surface area contributed by atoms with Crippen LogP contribution in [0.1, 0.15) is 45.9 Å². The molecule has 0 radical (unpaired) electrons. The summed E-state index contributed by atoms with van der Waals surface area (Å²) in [6.45, 7) is 9.98. The maximum absolute atomic E-state index is 4.49. The van der Waals surface area contributed by atoms with Crippen LogP contribution < -0.4 is 5.32 Å². The predicted molar refractivity (Wildman–Crippen MR) is 79.4 cm³/mol. The van der Waals surface area contributed by atoms with E-state index in [4.69, 9.17) is 0 Å². The van der Waals surface area contributed by atoms with Gasteiger partial charge in [0.05, 0.1) is 0 Å². The highest BCUT2D eigenvalue weighted by molar-refractivity contribution is 8.01. The summed E-state index contributed by atoms with van der Waals surface area (Å²) in [5.74, 6) is 0.901. The third-order valence-electron chi connectivity index (χ3n) is 3.71. The quantitative estimate of drug-likeness (QED) is 0.919. The van der Waals surface area contributed by atoms with Gasteiger partial charge in [-0.05, 0) is 43.3 Å². The molecule has 0 saturated heterocycles. The lowest BCUT2D eigenvalue weighted by Crippen LogP contribution is -2.51. The van der Waals surface area contributed by atoms with Crippen LogP contribution >= 0.6 is 23.3 Å². The zero-order valence-electron chi connectivity index (χ0n) is 11.7. The number of rotatable bonds is 4. The maximum Gasteiger partial charge on any atom is 0.170 e. The third-order valence-corrected chi connectivity index (χ3v) is 5.93. The molecule has 1 aromatic heterocycles. The predicted octanol–water partition coefficient (Wildman–Crippen LogP) is 3.50. The van der Waals surface area contributed by atoms with Gasteiger partial charge in [-0.2, -0.15) is 4.37 Å². The van der Waals surface area contributed by atoms with E-state index in [1.165, 1.54) is 30.8 Å². The molecule has 2 atom stereocenters. The Morgan fingerprint density at radius 3 is 2.89 bits per heavy atom. The molecule has 1 aliphatic rings. The first kappa shape index (κ1) is 14.3. The highest BCUT2D eigenvalue weighted by atomic mass is 32.2. The first-order valence-corrected chi connectivity index (χ1v) is 8.38. The van der Waals surface area contributed by atoms with E-state index in [0.29, 0.717) is 16.7 Å². The molecule has 0 spiro atoms. The summed E-state index contributed by atoms with van der Waals surface area (Å²) in [7, 11) is 0. The van der Waals surface area contributed by atoms with Gasteiger partial charge in [0, 0.05) is 11.3 Å². The van der Waals surface area contributed by atoms with Crippen LogP contribution in [0.2, 0.25) is 0 Å². The minimum Gasteiger partial charge on any atom is -0.313 e. The SMILES string of the molecule is CCNC1C(Sc2nc(C)ns2)CCCC1(C)C. The summed E-state index contributed by atoms with van der Waals surface area (Å²) in [6, 6.07) is 0.574. The Morgan fingerprint density at radius 2 is 2.28 bits per heavy atom. The molecule has 1 N–H and O–H groups in total. The number of thioether (sulfide) groups is 1. The standard InChI is InChI=1S/C13H23N3S2/c1-5-14-11-10(7-6-8-13(11,3)4)17-12-15-9(2)16-18-12/h10-11,14H,5-8H2,1-4H3. The number of aromatic nitrogens is 2. The van der Waals surface area contributed by atoms with Gasteiger partial charge in [0.25, 0.3) is 0 Å². The minimum atomic E-state index is 0.381. The molecule has 1 aromatic rings. The summed E-state index contributed by atoms with van der Waals surface area (Å²) in [5, 5.41) is 4.31. The zero-order chi connectivity index (χ0) is 13.2. The van der Waals surface area contributed by atoms with Crippen LogP contribution in [0.5, 0.6) is 0 Å². The maximum atomic E-state index is 4.49. The number of hydrogen-bond donors (Lipinski definition) is 1. The molecular weight excluding hydrogens is 262 g/mol. The Morgan fingerprint density at radius 1 is 1.50 bits per heavy atom. The molecule has 102 valence electrons. The van der Waals surface area contributed by atoms with Crippen LogP contribution in [-0.2, 0) is 0 Å². The van der Waals surface area contributed by atoms with Crippen LogP contribution in [0.3, 0.4) is 0 Å². The second-order valence-corrected chi connectivity index (χ2v) is 7.92. The second-order valence-electron chi connectivity index (χ2n) is 5.68. The Balaban J connectivity index is 2.09. The third kappa shape index (κ3) is 3.25. The van der Waals surface area contributed by atoms with Crippen molar-refractivity contribution in [3.8, 4) is 0 Å². The molecule has 1 aliphatic carbocycles. The van der Waals surface area contributed by atoms with Crippen LogP contribution in [0, 0.1) is 12.3 Å². The molecule has 3 nitrogen and oxygen atoms in total. The highest BCUT2D eigenvalue weighted by Gasteiger charge is 2.39. The molecule has 1 saturated carbocycles. The average molecular weight is 285 g/mol. The molecule has 0 aliphatic heterocycles. The highest BCUT2D eigenvalue weighted by Crippen LogP contribution is 2.43. The van der Waals surface area contributed by atoms with Crippen LogP contribution in [0.4, 0.5) is 0 Å². The van der Waals surface area contributed by atoms with Crippen LogP contribution in [-0.4, -0.2) is 27.2 Å². The van der Waals surface area contributed by atoms with Crippen molar-refractivity contribution < 1.29 is 0 Å². The number of nitrogens with zero attached hydrogens (tertiary/aromatic N) is 2. The Hall–Kier alpha value is -0.130. The van der Waals surface area contributed by atoms with Crippen molar-refractivity contribution in [3.05, 3.63) is 5.82 Å². The molecule has 2 unspecified atom stereocenters. The fourth-order valence-corrected chi connectivity index (χ4v) is 5.20. The molecule has 18 heavy (non-hydrogen) atoms. The van der Waals surface area contributed by atoms with Crippen molar-refractivity contribution in [2.45, 2.75) is 62.6 Å². The summed E-state index contributed by atoms with van der Waals surface area (Å²) in [5.41, 5.74) is 0.381. The van der Waals surface area contributed by atoms with Gasteiger partial charge in [0.15, 0.2) is 4.34 Å². The molecule has 0 amide bonds. The van der Waals surface area contributed by atoms with E-state index in [1.807, 2.05) is 18.7 Å². The molecule has 1 heterocycles. The first-order valence-electron chi connectivity index (χ1n) is 6.73. The van der Waals surface area contributed by atoms with Gasteiger partial charge < -0.3 is 5.32 Å². The molecule has 2 rings (SSSR count). The smallest absolute Gasteiger partial charge is 0.170 e. The van der Waals surface area contributed by atoms with Crippen molar-refractivity contribution in [2.24, 2.45) is 5.41 Å². The zero-order valence-corrected chi connectivity index (χ0v) is 13.3. The summed E-state index contributed by atoms with van der Waals surface area (Å²) in [4.78, 5) is 4.49. The topological polar surface area (TPSA) is 37.8 Å². The van der Waals surface area contributed by atoms with Crippen LogP contribution in [0.25, 0.3) is 0 Å². The average Bonchev–Trinajstić information content (AvgIpc) is 2.69. The Kier molecular flexibility index (Phi) is 4.67. The Labute approximate surface area is 118 Å². The van der Waals surface area contributed by atoms with Gasteiger partial charge in [-0.25, -0.2) is 4.98 Å². The van der Waals surface area contributed by atoms with Gasteiger partial charge in [-0.15, -0.1) is 0 Å². The molecule has 1 fully saturated rings. The summed E-state index contributed by atoms with van der Waals surface area (Å²) < 4.78 is 5.40. The molecular formula is C13H23N3S2. The lowest BCUT2D eigenvalue weighted by molar-refractivity contribution is 0.176. The van der Waals surface area contributed by atoms with Gasteiger partial charge in [-0.1, -0.05) is 39.0 Å². The van der Waals surface area contributed by atoms with Crippen molar-refractivity contribution in [1.29, 1.82) is 0 Å². The number of hydrogen-bond acceptors (Lipinski definition) is 5. The number of nitrogens with one attached hydrogen (secondary N) is 1. The lowest BCUT2D eigenvalue weighted by atomic mass is 9.73. The van der Waals surface area contributed by atoms with E-state index in [-0.39, 0.29) is 0 Å². The van der Waals surface area contributed by atoms with Gasteiger partial charge in [0.1, 0.15) is 5.82 Å². The second kappa shape index (κ2) is 5.88. The van der Waals surface area contributed by atoms with Crippen molar-refractivity contribution >= 4 is 23.3 Å². The lowest BCUT2D eigenvalue weighted by Gasteiger charge is -2.44. The van der Waals surface area contributed by atoms with Crippen LogP contribution in [0.15, 0.2) is 4.34 Å². The van der Waals surface area contributed by atoms with E-state index in [0.717, 1.165) is 16.7 Å². The minimum absolute atomic E-state index is 0.381. The van der Waals surface area contributed by atoms with Gasteiger partial charge >= 0.3 is 0 Å². The summed E-state index contributed by atoms with van der Waals surface area (Å²) >= 11 is 3.46. The van der Waals surface area contributed by atoms with E-state index in [2.05, 4.69) is 35.4 Å². The van der Waals surface area contributed by atoms with Crippen molar-refractivity contribution in [2.75, 3.05) is 6.54 Å². The van der Waals surface area contributed by atoms with Crippen molar-refractivity contribution in [1.82, 2.24) is 14.7 Å². The van der Waals surface area contributed by atoms with E-state index >= 15 is 0 Å². The van der Waals surface area contributed by atoms with Gasteiger partial charge in [-0.3, -0.25) is 0 Å². The fraction of sp³-hybridized carbons (Fsp3) is 0.846. The molecule has 0 bridgehead atoms. The Bertz CT molecular complexity index is 389. The van der Waals surface area contributed by atoms with E-state index in [9.17, 15) is 0 Å². The van der Waals surface area contributed by atoms with E-state index < -0.39 is 0 Å². The van der Waals surface area contributed by atoms with Gasteiger partial charge in [0.2, 0.25) is 0 Å². The van der Waals surface area contributed by atoms with E-state index in [1.54, 1.807) is 0 Å². The monoisotopic (exact) mass is 285 g/mol. The first-order chi connectivity index (χ1) is 8.53. The summed E-state index contributed by atoms with van der Waals surface area (Å²) in [6.07, 6.45) is 3.92.